The Morgan fingerprint density at radius 1 is 1.18 bits per heavy atom. The summed E-state index contributed by atoms with van der Waals surface area (Å²) in [7, 11) is 2.24. The van der Waals surface area contributed by atoms with Crippen molar-refractivity contribution in [2.75, 3.05) is 32.0 Å². The number of fused-ring (bicyclic) bond motifs is 1. The van der Waals surface area contributed by atoms with Crippen LogP contribution < -0.4 is 5.32 Å². The topological polar surface area (TPSA) is 15.3 Å². The molecular formula is C20H26N2. The third-order valence-electron chi connectivity index (χ3n) is 4.69. The van der Waals surface area contributed by atoms with Gasteiger partial charge < -0.3 is 10.2 Å². The lowest BCUT2D eigenvalue weighted by Gasteiger charge is -2.23. The monoisotopic (exact) mass is 294 g/mol. The fourth-order valence-electron chi connectivity index (χ4n) is 3.49. The molecule has 0 bridgehead atoms. The number of hydrogen-bond donors (Lipinski definition) is 1. The molecule has 0 fully saturated rings. The minimum Gasteiger partial charge on any atom is -0.385 e. The lowest BCUT2D eigenvalue weighted by atomic mass is 9.86. The van der Waals surface area contributed by atoms with E-state index in [0.717, 1.165) is 26.1 Å². The van der Waals surface area contributed by atoms with Crippen molar-refractivity contribution in [2.24, 2.45) is 0 Å². The van der Waals surface area contributed by atoms with E-state index in [0.29, 0.717) is 5.92 Å². The Balaban J connectivity index is 2.09. The average Bonchev–Trinajstić information content (AvgIpc) is 2.69. The van der Waals surface area contributed by atoms with Crippen LogP contribution in [0.4, 0.5) is 5.69 Å². The Bertz CT molecular complexity index is 634. The molecular weight excluding hydrogens is 268 g/mol. The molecule has 0 saturated heterocycles. The SMILES string of the molecule is CCNc1cc2c(cc1C)CCN(C)C[C@@H]2c1ccccc1. The highest BCUT2D eigenvalue weighted by Gasteiger charge is 2.23. The summed E-state index contributed by atoms with van der Waals surface area (Å²) in [6.45, 7) is 7.56. The van der Waals surface area contributed by atoms with E-state index in [1.165, 1.54) is 27.9 Å². The summed E-state index contributed by atoms with van der Waals surface area (Å²) < 4.78 is 0. The zero-order valence-corrected chi connectivity index (χ0v) is 13.9. The molecule has 1 heterocycles. The van der Waals surface area contributed by atoms with Crippen LogP contribution >= 0.6 is 0 Å². The van der Waals surface area contributed by atoms with Crippen LogP contribution in [0, 0.1) is 6.92 Å². The van der Waals surface area contributed by atoms with E-state index in [1.807, 2.05) is 0 Å². The number of anilines is 1. The van der Waals surface area contributed by atoms with E-state index in [4.69, 9.17) is 0 Å². The molecule has 0 amide bonds. The van der Waals surface area contributed by atoms with Gasteiger partial charge in [0.15, 0.2) is 0 Å². The molecule has 22 heavy (non-hydrogen) atoms. The molecule has 2 aromatic rings. The summed E-state index contributed by atoms with van der Waals surface area (Å²) in [5.74, 6) is 0.460. The van der Waals surface area contributed by atoms with Gasteiger partial charge in [-0.3, -0.25) is 0 Å². The highest BCUT2D eigenvalue weighted by molar-refractivity contribution is 5.57. The van der Waals surface area contributed by atoms with Crippen molar-refractivity contribution in [1.29, 1.82) is 0 Å². The van der Waals surface area contributed by atoms with Crippen molar-refractivity contribution in [2.45, 2.75) is 26.2 Å². The Morgan fingerprint density at radius 3 is 2.68 bits per heavy atom. The van der Waals surface area contributed by atoms with Gasteiger partial charge >= 0.3 is 0 Å². The molecule has 3 rings (SSSR count). The van der Waals surface area contributed by atoms with E-state index >= 15 is 0 Å². The first-order valence-corrected chi connectivity index (χ1v) is 8.29. The van der Waals surface area contributed by atoms with E-state index in [-0.39, 0.29) is 0 Å². The van der Waals surface area contributed by atoms with Gasteiger partial charge in [0.2, 0.25) is 0 Å². The molecule has 0 unspecified atom stereocenters. The van der Waals surface area contributed by atoms with Crippen LogP contribution in [0.5, 0.6) is 0 Å². The van der Waals surface area contributed by atoms with Gasteiger partial charge in [-0.25, -0.2) is 0 Å². The summed E-state index contributed by atoms with van der Waals surface area (Å²) in [6, 6.07) is 15.7. The largest absolute Gasteiger partial charge is 0.385 e. The number of nitrogens with one attached hydrogen (secondary N) is 1. The highest BCUT2D eigenvalue weighted by Crippen LogP contribution is 2.34. The van der Waals surface area contributed by atoms with Gasteiger partial charge in [0.25, 0.3) is 0 Å². The van der Waals surface area contributed by atoms with Crippen LogP contribution in [0.15, 0.2) is 42.5 Å². The predicted molar refractivity (Wildman–Crippen MR) is 94.8 cm³/mol. The Morgan fingerprint density at radius 2 is 1.95 bits per heavy atom. The van der Waals surface area contributed by atoms with Crippen molar-refractivity contribution >= 4 is 5.69 Å². The molecule has 0 aromatic heterocycles. The normalized spacial score (nSPS) is 18.6. The van der Waals surface area contributed by atoms with Crippen molar-refractivity contribution in [3.8, 4) is 0 Å². The van der Waals surface area contributed by atoms with E-state index in [2.05, 4.69) is 73.6 Å². The minimum atomic E-state index is 0.460. The van der Waals surface area contributed by atoms with Crippen molar-refractivity contribution < 1.29 is 0 Å². The third kappa shape index (κ3) is 3.02. The lowest BCUT2D eigenvalue weighted by molar-refractivity contribution is 0.338. The van der Waals surface area contributed by atoms with Gasteiger partial charge in [-0.05, 0) is 55.6 Å². The zero-order valence-electron chi connectivity index (χ0n) is 13.9. The van der Waals surface area contributed by atoms with Gasteiger partial charge in [-0.1, -0.05) is 36.4 Å². The van der Waals surface area contributed by atoms with Crippen molar-refractivity contribution in [3.63, 3.8) is 0 Å². The fourth-order valence-corrected chi connectivity index (χ4v) is 3.49. The molecule has 2 aromatic carbocycles. The molecule has 1 atom stereocenters. The molecule has 2 heteroatoms. The number of rotatable bonds is 3. The summed E-state index contributed by atoms with van der Waals surface area (Å²) in [5.41, 5.74) is 7.07. The van der Waals surface area contributed by atoms with Crippen LogP contribution in [0.2, 0.25) is 0 Å². The molecule has 1 aliphatic heterocycles. The van der Waals surface area contributed by atoms with E-state index in [1.54, 1.807) is 0 Å². The van der Waals surface area contributed by atoms with Crippen LogP contribution in [-0.4, -0.2) is 31.6 Å². The number of benzene rings is 2. The number of likely N-dealkylation sites (N-methyl/N-ethyl adjacent to an activating group) is 1. The molecule has 1 N–H and O–H groups in total. The second-order valence-corrected chi connectivity index (χ2v) is 6.37. The fraction of sp³-hybridized carbons (Fsp3) is 0.400. The Kier molecular flexibility index (Phi) is 4.49. The van der Waals surface area contributed by atoms with Crippen LogP contribution in [-0.2, 0) is 6.42 Å². The number of aryl methyl sites for hydroxylation is 1. The average molecular weight is 294 g/mol. The second kappa shape index (κ2) is 6.53. The minimum absolute atomic E-state index is 0.460. The Hall–Kier alpha value is -1.80. The summed E-state index contributed by atoms with van der Waals surface area (Å²) >= 11 is 0. The maximum absolute atomic E-state index is 3.52. The van der Waals surface area contributed by atoms with Gasteiger partial charge in [0.05, 0.1) is 0 Å². The predicted octanol–water partition coefficient (Wildman–Crippen LogP) is 4.05. The highest BCUT2D eigenvalue weighted by atomic mass is 15.1. The molecule has 2 nitrogen and oxygen atoms in total. The standard InChI is InChI=1S/C20H26N2/c1-4-21-20-13-18-17(12-15(20)2)10-11-22(3)14-19(18)16-8-6-5-7-9-16/h5-9,12-13,19,21H,4,10-11,14H2,1-3H3/t19-/m1/s1. The van der Waals surface area contributed by atoms with Gasteiger partial charge in [0.1, 0.15) is 0 Å². The van der Waals surface area contributed by atoms with Crippen molar-refractivity contribution in [3.05, 3.63) is 64.7 Å². The summed E-state index contributed by atoms with van der Waals surface area (Å²) in [4.78, 5) is 2.46. The zero-order chi connectivity index (χ0) is 15.5. The lowest BCUT2D eigenvalue weighted by Crippen LogP contribution is -2.24. The third-order valence-corrected chi connectivity index (χ3v) is 4.69. The first-order valence-electron chi connectivity index (χ1n) is 8.29. The van der Waals surface area contributed by atoms with Crippen LogP contribution in [0.1, 0.15) is 35.1 Å². The number of nitrogens with zero attached hydrogens (tertiary/aromatic N) is 1. The van der Waals surface area contributed by atoms with E-state index < -0.39 is 0 Å². The summed E-state index contributed by atoms with van der Waals surface area (Å²) in [6.07, 6.45) is 1.14. The Labute approximate surface area is 134 Å². The molecule has 1 aliphatic rings. The maximum atomic E-state index is 3.52. The van der Waals surface area contributed by atoms with Crippen LogP contribution in [0.3, 0.4) is 0 Å². The maximum Gasteiger partial charge on any atom is 0.0372 e. The van der Waals surface area contributed by atoms with Gasteiger partial charge in [0, 0.05) is 31.2 Å². The van der Waals surface area contributed by atoms with E-state index in [9.17, 15) is 0 Å². The smallest absolute Gasteiger partial charge is 0.0372 e. The second-order valence-electron chi connectivity index (χ2n) is 6.37. The molecule has 0 radical (unpaired) electrons. The quantitative estimate of drug-likeness (QED) is 0.919. The van der Waals surface area contributed by atoms with Gasteiger partial charge in [-0.2, -0.15) is 0 Å². The van der Waals surface area contributed by atoms with Crippen molar-refractivity contribution in [1.82, 2.24) is 4.90 Å². The molecule has 116 valence electrons. The molecule has 0 saturated carbocycles. The summed E-state index contributed by atoms with van der Waals surface area (Å²) in [5, 5.41) is 3.52. The molecule has 0 aliphatic carbocycles. The number of hydrogen-bond acceptors (Lipinski definition) is 2. The first kappa shape index (κ1) is 15.1. The molecule has 0 spiro atoms. The first-order chi connectivity index (χ1) is 10.7. The van der Waals surface area contributed by atoms with Gasteiger partial charge in [-0.15, -0.1) is 0 Å². The van der Waals surface area contributed by atoms with Crippen LogP contribution in [0.25, 0.3) is 0 Å².